The van der Waals surface area contributed by atoms with E-state index in [0.717, 1.165) is 26.9 Å². The number of thiazole rings is 1. The zero-order chi connectivity index (χ0) is 18.9. The van der Waals surface area contributed by atoms with Gasteiger partial charge in [0.1, 0.15) is 5.75 Å². The second-order valence-corrected chi connectivity index (χ2v) is 7.50. The molecule has 0 spiro atoms. The molecule has 3 aromatic rings. The molecule has 27 heavy (non-hydrogen) atoms. The first-order valence-corrected chi connectivity index (χ1v) is 10.3. The topological polar surface area (TPSA) is 63.6 Å². The third-order valence-electron chi connectivity index (χ3n) is 3.49. The highest BCUT2D eigenvalue weighted by Gasteiger charge is 2.07. The summed E-state index contributed by atoms with van der Waals surface area (Å²) in [5.74, 6) is 0.817. The monoisotopic (exact) mass is 397 g/mol. The fourth-order valence-electron chi connectivity index (χ4n) is 2.27. The minimum Gasteiger partial charge on any atom is -0.493 e. The number of nitrogens with one attached hydrogen (secondary N) is 1. The maximum atomic E-state index is 12.0. The van der Waals surface area contributed by atoms with Crippen molar-refractivity contribution >= 4 is 35.2 Å². The summed E-state index contributed by atoms with van der Waals surface area (Å²) in [6, 6.07) is 17.5. The van der Waals surface area contributed by atoms with Gasteiger partial charge in [0, 0.05) is 16.5 Å². The number of carbonyl (C=O) groups excluding carboxylic acids is 1. The summed E-state index contributed by atoms with van der Waals surface area (Å²) in [6.45, 7) is 2.50. The van der Waals surface area contributed by atoms with Gasteiger partial charge in [-0.25, -0.2) is 10.4 Å². The number of ether oxygens (including phenoxy) is 1. The minimum atomic E-state index is -0.179. The van der Waals surface area contributed by atoms with E-state index in [4.69, 9.17) is 4.74 Å². The van der Waals surface area contributed by atoms with Crippen LogP contribution in [0.5, 0.6) is 5.75 Å². The number of hydrazone groups is 1. The van der Waals surface area contributed by atoms with Crippen LogP contribution in [0.15, 0.2) is 69.4 Å². The molecule has 7 heteroatoms. The first-order valence-electron chi connectivity index (χ1n) is 8.43. The Kier molecular flexibility index (Phi) is 7.01. The van der Waals surface area contributed by atoms with E-state index in [1.54, 1.807) is 6.21 Å². The van der Waals surface area contributed by atoms with Crippen LogP contribution >= 0.6 is 23.1 Å². The Bertz CT molecular complexity index is 910. The van der Waals surface area contributed by atoms with Crippen LogP contribution in [-0.2, 0) is 4.79 Å². The number of nitrogens with zero attached hydrogens (tertiary/aromatic N) is 2. The van der Waals surface area contributed by atoms with Crippen LogP contribution in [0.4, 0.5) is 0 Å². The number of hydrogen-bond acceptors (Lipinski definition) is 6. The molecule has 0 saturated heterocycles. The van der Waals surface area contributed by atoms with E-state index >= 15 is 0 Å². The lowest BCUT2D eigenvalue weighted by molar-refractivity contribution is -0.118. The van der Waals surface area contributed by atoms with Crippen molar-refractivity contribution in [1.82, 2.24) is 10.4 Å². The zero-order valence-electron chi connectivity index (χ0n) is 14.8. The first kappa shape index (κ1) is 19.1. The van der Waals surface area contributed by atoms with E-state index < -0.39 is 0 Å². The van der Waals surface area contributed by atoms with Crippen LogP contribution in [0.1, 0.15) is 12.5 Å². The molecular weight excluding hydrogens is 378 g/mol. The fourth-order valence-corrected chi connectivity index (χ4v) is 3.90. The summed E-state index contributed by atoms with van der Waals surface area (Å²) in [4.78, 5) is 16.6. The second-order valence-electron chi connectivity index (χ2n) is 5.42. The van der Waals surface area contributed by atoms with E-state index in [1.165, 1.54) is 23.1 Å². The van der Waals surface area contributed by atoms with Crippen LogP contribution in [0, 0.1) is 0 Å². The summed E-state index contributed by atoms with van der Waals surface area (Å²) >= 11 is 2.93. The van der Waals surface area contributed by atoms with Gasteiger partial charge in [-0.15, -0.1) is 11.3 Å². The van der Waals surface area contributed by atoms with Crippen LogP contribution < -0.4 is 10.2 Å². The quantitative estimate of drug-likeness (QED) is 0.346. The van der Waals surface area contributed by atoms with Crippen molar-refractivity contribution in [3.8, 4) is 17.0 Å². The molecule has 3 rings (SSSR count). The average molecular weight is 398 g/mol. The summed E-state index contributed by atoms with van der Waals surface area (Å²) in [6.07, 6.45) is 1.59. The molecule has 138 valence electrons. The summed E-state index contributed by atoms with van der Waals surface area (Å²) in [5.41, 5.74) is 5.36. The Balaban J connectivity index is 1.50. The highest BCUT2D eigenvalue weighted by molar-refractivity contribution is 8.01. The summed E-state index contributed by atoms with van der Waals surface area (Å²) in [7, 11) is 0. The maximum absolute atomic E-state index is 12.0. The molecule has 1 heterocycles. The van der Waals surface area contributed by atoms with Gasteiger partial charge < -0.3 is 4.74 Å². The SMILES string of the molecule is CCOc1ccccc1/C=N/NC(=O)CSc1nc(-c2ccccc2)cs1. The van der Waals surface area contributed by atoms with Gasteiger partial charge in [0.15, 0.2) is 4.34 Å². The number of aromatic nitrogens is 1. The zero-order valence-corrected chi connectivity index (χ0v) is 16.4. The molecule has 0 unspecified atom stereocenters. The van der Waals surface area contributed by atoms with E-state index in [0.29, 0.717) is 6.61 Å². The Labute approximate surface area is 166 Å². The minimum absolute atomic E-state index is 0.179. The van der Waals surface area contributed by atoms with Gasteiger partial charge >= 0.3 is 0 Å². The van der Waals surface area contributed by atoms with E-state index in [1.807, 2.05) is 66.9 Å². The number of amides is 1. The van der Waals surface area contributed by atoms with Crippen molar-refractivity contribution in [1.29, 1.82) is 0 Å². The lowest BCUT2D eigenvalue weighted by atomic mass is 10.2. The second kappa shape index (κ2) is 9.89. The van der Waals surface area contributed by atoms with Crippen molar-refractivity contribution in [2.24, 2.45) is 5.10 Å². The maximum Gasteiger partial charge on any atom is 0.250 e. The molecule has 1 aromatic heterocycles. The lowest BCUT2D eigenvalue weighted by Gasteiger charge is -2.05. The van der Waals surface area contributed by atoms with Crippen LogP contribution in [0.25, 0.3) is 11.3 Å². The highest BCUT2D eigenvalue weighted by atomic mass is 32.2. The smallest absolute Gasteiger partial charge is 0.250 e. The van der Waals surface area contributed by atoms with Gasteiger partial charge in [-0.3, -0.25) is 4.79 Å². The van der Waals surface area contributed by atoms with Gasteiger partial charge in [0.05, 0.1) is 24.3 Å². The Morgan fingerprint density at radius 1 is 1.22 bits per heavy atom. The molecule has 0 radical (unpaired) electrons. The molecular formula is C20H19N3O2S2. The van der Waals surface area contributed by atoms with E-state index in [9.17, 15) is 4.79 Å². The molecule has 0 fully saturated rings. The van der Waals surface area contributed by atoms with Gasteiger partial charge in [0.25, 0.3) is 5.91 Å². The molecule has 0 saturated carbocycles. The number of carbonyl (C=O) groups is 1. The van der Waals surface area contributed by atoms with E-state index in [2.05, 4.69) is 15.5 Å². The third kappa shape index (κ3) is 5.67. The predicted octanol–water partition coefficient (Wildman–Crippen LogP) is 4.45. The van der Waals surface area contributed by atoms with Crippen molar-refractivity contribution in [2.45, 2.75) is 11.3 Å². The standard InChI is InChI=1S/C20H19N3O2S2/c1-2-25-18-11-7-6-10-16(18)12-21-23-19(24)14-27-20-22-17(13-26-20)15-8-4-3-5-9-15/h3-13H,2,14H2,1H3,(H,23,24)/b21-12+. The molecule has 0 aliphatic carbocycles. The summed E-state index contributed by atoms with van der Waals surface area (Å²) in [5, 5.41) is 6.01. The van der Waals surface area contributed by atoms with Gasteiger partial charge in [-0.05, 0) is 19.1 Å². The van der Waals surface area contributed by atoms with Crippen LogP contribution in [0.2, 0.25) is 0 Å². The van der Waals surface area contributed by atoms with E-state index in [-0.39, 0.29) is 11.7 Å². The molecule has 1 amide bonds. The van der Waals surface area contributed by atoms with Crippen molar-refractivity contribution in [2.75, 3.05) is 12.4 Å². The van der Waals surface area contributed by atoms with Crippen LogP contribution in [-0.4, -0.2) is 29.5 Å². The molecule has 1 N–H and O–H groups in total. The van der Waals surface area contributed by atoms with Crippen LogP contribution in [0.3, 0.4) is 0 Å². The largest absolute Gasteiger partial charge is 0.493 e. The number of hydrogen-bond donors (Lipinski definition) is 1. The molecule has 2 aromatic carbocycles. The normalized spacial score (nSPS) is 10.9. The fraction of sp³-hybridized carbons (Fsp3) is 0.150. The number of thioether (sulfide) groups is 1. The Morgan fingerprint density at radius 3 is 2.81 bits per heavy atom. The van der Waals surface area contributed by atoms with Crippen molar-refractivity contribution in [3.63, 3.8) is 0 Å². The highest BCUT2D eigenvalue weighted by Crippen LogP contribution is 2.27. The molecule has 0 aliphatic rings. The number of para-hydroxylation sites is 1. The van der Waals surface area contributed by atoms with Gasteiger partial charge in [-0.2, -0.15) is 5.10 Å². The predicted molar refractivity (Wildman–Crippen MR) is 112 cm³/mol. The van der Waals surface area contributed by atoms with Crippen molar-refractivity contribution < 1.29 is 9.53 Å². The molecule has 0 atom stereocenters. The number of rotatable bonds is 8. The van der Waals surface area contributed by atoms with Crippen molar-refractivity contribution in [3.05, 3.63) is 65.5 Å². The van der Waals surface area contributed by atoms with Gasteiger partial charge in [-0.1, -0.05) is 54.2 Å². The average Bonchev–Trinajstić information content (AvgIpc) is 3.18. The third-order valence-corrected chi connectivity index (χ3v) is 5.51. The molecule has 5 nitrogen and oxygen atoms in total. The van der Waals surface area contributed by atoms with Gasteiger partial charge in [0.2, 0.25) is 0 Å². The number of benzene rings is 2. The molecule has 0 aliphatic heterocycles. The Morgan fingerprint density at radius 2 is 2.00 bits per heavy atom. The lowest BCUT2D eigenvalue weighted by Crippen LogP contribution is -2.19. The molecule has 0 bridgehead atoms. The first-order chi connectivity index (χ1) is 13.3. The summed E-state index contributed by atoms with van der Waals surface area (Å²) < 4.78 is 6.38. The Hall–Kier alpha value is -2.64.